The lowest BCUT2D eigenvalue weighted by molar-refractivity contribution is -0.0913. The Hall–Kier alpha value is -0.910. The molecule has 0 atom stereocenters. The first-order chi connectivity index (χ1) is 10.3. The van der Waals surface area contributed by atoms with Gasteiger partial charge in [-0.2, -0.15) is 0 Å². The van der Waals surface area contributed by atoms with Gasteiger partial charge in [0, 0.05) is 6.42 Å². The molecule has 0 fully saturated rings. The molecule has 0 bridgehead atoms. The van der Waals surface area contributed by atoms with E-state index in [1.807, 2.05) is 6.92 Å². The molecule has 0 spiro atoms. The lowest BCUT2D eigenvalue weighted by Crippen LogP contribution is -2.38. The van der Waals surface area contributed by atoms with Gasteiger partial charge in [-0.3, -0.25) is 0 Å². The van der Waals surface area contributed by atoms with Crippen molar-refractivity contribution in [1.29, 1.82) is 0 Å². The average molecular weight is 328 g/mol. The molecule has 5 heteroatoms. The molecule has 0 amide bonds. The first kappa shape index (κ1) is 19.1. The van der Waals surface area contributed by atoms with E-state index in [1.54, 1.807) is 12.1 Å². The molecule has 0 aliphatic heterocycles. The normalized spacial score (nSPS) is 12.5. The maximum absolute atomic E-state index is 12.3. The average Bonchev–Trinajstić information content (AvgIpc) is 2.46. The predicted octanol–water partition coefficient (Wildman–Crippen LogP) is 3.55. The molecular weight excluding hydrogens is 300 g/mol. The van der Waals surface area contributed by atoms with E-state index in [0.29, 0.717) is 6.42 Å². The van der Waals surface area contributed by atoms with E-state index in [1.165, 1.54) is 31.4 Å². The fourth-order valence-electron chi connectivity index (χ4n) is 2.35. The van der Waals surface area contributed by atoms with Crippen LogP contribution < -0.4 is 0 Å². The standard InChI is InChI=1S/C17H28O4S/c1-3-4-5-6-7-8-9-14-17(18,19)22(20,21)16-12-10-15(2)11-13-16/h10-13,18-19H,3-9,14H2,1-2H3. The van der Waals surface area contributed by atoms with Gasteiger partial charge in [0.05, 0.1) is 4.90 Å². The fourth-order valence-corrected chi connectivity index (χ4v) is 3.64. The van der Waals surface area contributed by atoms with Crippen molar-refractivity contribution >= 4 is 9.84 Å². The first-order valence-corrected chi connectivity index (χ1v) is 9.55. The molecule has 126 valence electrons. The van der Waals surface area contributed by atoms with Gasteiger partial charge in [-0.05, 0) is 25.5 Å². The van der Waals surface area contributed by atoms with E-state index in [2.05, 4.69) is 6.92 Å². The second kappa shape index (κ2) is 8.65. The van der Waals surface area contributed by atoms with Crippen LogP contribution in [-0.2, 0) is 9.84 Å². The maximum Gasteiger partial charge on any atom is 0.273 e. The van der Waals surface area contributed by atoms with Gasteiger partial charge in [0.25, 0.3) is 5.12 Å². The Morgan fingerprint density at radius 1 is 0.909 bits per heavy atom. The molecule has 1 aromatic carbocycles. The van der Waals surface area contributed by atoms with Gasteiger partial charge in [-0.1, -0.05) is 63.1 Å². The summed E-state index contributed by atoms with van der Waals surface area (Å²) in [5, 5.41) is 17.3. The number of aryl methyl sites for hydroxylation is 1. The summed E-state index contributed by atoms with van der Waals surface area (Å²) in [5.41, 5.74) is 0.924. The molecule has 4 nitrogen and oxygen atoms in total. The smallest absolute Gasteiger partial charge is 0.273 e. The van der Waals surface area contributed by atoms with Crippen LogP contribution in [0.1, 0.15) is 63.9 Å². The second-order valence-electron chi connectivity index (χ2n) is 5.93. The monoisotopic (exact) mass is 328 g/mol. The molecule has 0 saturated heterocycles. The van der Waals surface area contributed by atoms with Crippen molar-refractivity contribution < 1.29 is 18.6 Å². The van der Waals surface area contributed by atoms with Crippen LogP contribution in [-0.4, -0.2) is 23.7 Å². The van der Waals surface area contributed by atoms with Gasteiger partial charge in [0.1, 0.15) is 0 Å². The van der Waals surface area contributed by atoms with Gasteiger partial charge < -0.3 is 10.2 Å². The Morgan fingerprint density at radius 2 is 1.41 bits per heavy atom. The summed E-state index contributed by atoms with van der Waals surface area (Å²) in [6.07, 6.45) is 6.85. The Bertz CT molecular complexity index is 532. The van der Waals surface area contributed by atoms with Crippen molar-refractivity contribution in [2.24, 2.45) is 0 Å². The van der Waals surface area contributed by atoms with Crippen LogP contribution in [0.4, 0.5) is 0 Å². The Kier molecular flexibility index (Phi) is 7.53. The molecule has 0 aromatic heterocycles. The van der Waals surface area contributed by atoms with Crippen LogP contribution in [0.3, 0.4) is 0 Å². The number of hydrogen-bond acceptors (Lipinski definition) is 4. The van der Waals surface area contributed by atoms with Gasteiger partial charge in [0.2, 0.25) is 9.84 Å². The summed E-state index contributed by atoms with van der Waals surface area (Å²) in [6.45, 7) is 4.00. The Labute approximate surface area is 134 Å². The molecule has 2 N–H and O–H groups in total. The molecule has 0 aliphatic carbocycles. The Morgan fingerprint density at radius 3 is 1.95 bits per heavy atom. The van der Waals surface area contributed by atoms with Crippen molar-refractivity contribution in [3.8, 4) is 0 Å². The highest BCUT2D eigenvalue weighted by Crippen LogP contribution is 2.26. The number of benzene rings is 1. The van der Waals surface area contributed by atoms with E-state index in [0.717, 1.165) is 24.8 Å². The highest BCUT2D eigenvalue weighted by Gasteiger charge is 2.40. The SMILES string of the molecule is CCCCCCCCCC(O)(O)S(=O)(=O)c1ccc(C)cc1. The summed E-state index contributed by atoms with van der Waals surface area (Å²) < 4.78 is 24.5. The van der Waals surface area contributed by atoms with Crippen molar-refractivity contribution in [1.82, 2.24) is 0 Å². The molecule has 0 radical (unpaired) electrons. The summed E-state index contributed by atoms with van der Waals surface area (Å²) in [5.74, 6) is 0. The highest BCUT2D eigenvalue weighted by atomic mass is 32.2. The molecule has 0 unspecified atom stereocenters. The molecule has 22 heavy (non-hydrogen) atoms. The van der Waals surface area contributed by atoms with E-state index >= 15 is 0 Å². The summed E-state index contributed by atoms with van der Waals surface area (Å²) in [7, 11) is -4.15. The van der Waals surface area contributed by atoms with Crippen LogP contribution in [0.5, 0.6) is 0 Å². The topological polar surface area (TPSA) is 74.6 Å². The largest absolute Gasteiger partial charge is 0.353 e. The molecule has 0 saturated carbocycles. The van der Waals surface area contributed by atoms with Crippen molar-refractivity contribution in [2.45, 2.75) is 75.2 Å². The van der Waals surface area contributed by atoms with Crippen LogP contribution in [0.25, 0.3) is 0 Å². The van der Waals surface area contributed by atoms with Gasteiger partial charge in [-0.25, -0.2) is 8.42 Å². The first-order valence-electron chi connectivity index (χ1n) is 8.07. The summed E-state index contributed by atoms with van der Waals surface area (Å²) in [4.78, 5) is -0.0500. The number of hydrogen-bond donors (Lipinski definition) is 2. The van der Waals surface area contributed by atoms with Crippen LogP contribution >= 0.6 is 0 Å². The highest BCUT2D eigenvalue weighted by molar-refractivity contribution is 7.92. The third-order valence-corrected chi connectivity index (χ3v) is 5.83. The lowest BCUT2D eigenvalue weighted by atomic mass is 10.1. The van der Waals surface area contributed by atoms with Gasteiger partial charge >= 0.3 is 0 Å². The third-order valence-electron chi connectivity index (χ3n) is 3.87. The van der Waals surface area contributed by atoms with Gasteiger partial charge in [-0.15, -0.1) is 0 Å². The maximum atomic E-state index is 12.3. The lowest BCUT2D eigenvalue weighted by Gasteiger charge is -2.22. The fraction of sp³-hybridized carbons (Fsp3) is 0.647. The number of rotatable bonds is 10. The van der Waals surface area contributed by atoms with Crippen molar-refractivity contribution in [3.05, 3.63) is 29.8 Å². The van der Waals surface area contributed by atoms with Crippen LogP contribution in [0.2, 0.25) is 0 Å². The minimum Gasteiger partial charge on any atom is -0.353 e. The zero-order valence-corrected chi connectivity index (χ0v) is 14.4. The van der Waals surface area contributed by atoms with Crippen molar-refractivity contribution in [2.75, 3.05) is 0 Å². The van der Waals surface area contributed by atoms with E-state index in [4.69, 9.17) is 0 Å². The molecule has 1 rings (SSSR count). The predicted molar refractivity (Wildman–Crippen MR) is 88.1 cm³/mol. The number of sulfone groups is 1. The number of aliphatic hydroxyl groups is 2. The zero-order chi connectivity index (χ0) is 16.6. The van der Waals surface area contributed by atoms with E-state index in [9.17, 15) is 18.6 Å². The van der Waals surface area contributed by atoms with E-state index in [-0.39, 0.29) is 11.3 Å². The van der Waals surface area contributed by atoms with Crippen molar-refractivity contribution in [3.63, 3.8) is 0 Å². The second-order valence-corrected chi connectivity index (χ2v) is 8.06. The third kappa shape index (κ3) is 5.38. The quantitative estimate of drug-likeness (QED) is 0.509. The minimum absolute atomic E-state index is 0.0500. The summed E-state index contributed by atoms with van der Waals surface area (Å²) >= 11 is 0. The van der Waals surface area contributed by atoms with Gasteiger partial charge in [0.15, 0.2) is 0 Å². The molecule has 1 aromatic rings. The van der Waals surface area contributed by atoms with Crippen LogP contribution in [0, 0.1) is 6.92 Å². The number of unbranched alkanes of at least 4 members (excludes halogenated alkanes) is 6. The minimum atomic E-state index is -4.15. The van der Waals surface area contributed by atoms with E-state index < -0.39 is 15.0 Å². The molecule has 0 aliphatic rings. The summed E-state index contributed by atoms with van der Waals surface area (Å²) in [6, 6.07) is 6.13. The molecular formula is C17H28O4S. The van der Waals surface area contributed by atoms with Crippen LogP contribution in [0.15, 0.2) is 29.2 Å². The molecule has 0 heterocycles. The Balaban J connectivity index is 2.52. The zero-order valence-electron chi connectivity index (χ0n) is 13.6.